The maximum atomic E-state index is 12.9. The minimum Gasteiger partial charge on any atom is -0.447 e. The zero-order chi connectivity index (χ0) is 20.4. The molecule has 0 bridgehead atoms. The summed E-state index contributed by atoms with van der Waals surface area (Å²) in [7, 11) is 0. The Bertz CT molecular complexity index is 635. The molecule has 1 saturated heterocycles. The van der Waals surface area contributed by atoms with E-state index >= 15 is 0 Å². The quantitative estimate of drug-likeness (QED) is 0.571. The van der Waals surface area contributed by atoms with Crippen LogP contribution in [0.3, 0.4) is 0 Å². The van der Waals surface area contributed by atoms with Crippen LogP contribution in [0, 0.1) is 11.8 Å². The number of aliphatic hydroxyl groups is 2. The lowest BCUT2D eigenvalue weighted by Gasteiger charge is -2.38. The Morgan fingerprint density at radius 2 is 2.04 bits per heavy atom. The van der Waals surface area contributed by atoms with Gasteiger partial charge in [0.1, 0.15) is 12.7 Å². The molecule has 2 amide bonds. The second-order valence-electron chi connectivity index (χ2n) is 7.28. The summed E-state index contributed by atoms with van der Waals surface area (Å²) < 4.78 is 10.8. The molecule has 8 nitrogen and oxygen atoms in total. The van der Waals surface area contributed by atoms with Crippen LogP contribution in [0.2, 0.25) is 0 Å². The van der Waals surface area contributed by atoms with Crippen LogP contribution in [0.1, 0.15) is 40.0 Å². The fourth-order valence-corrected chi connectivity index (χ4v) is 3.69. The van der Waals surface area contributed by atoms with Crippen molar-refractivity contribution in [1.29, 1.82) is 0 Å². The summed E-state index contributed by atoms with van der Waals surface area (Å²) in [6.07, 6.45) is 0.333. The van der Waals surface area contributed by atoms with Crippen molar-refractivity contribution < 1.29 is 34.1 Å². The van der Waals surface area contributed by atoms with E-state index in [0.717, 1.165) is 4.90 Å². The van der Waals surface area contributed by atoms with E-state index in [-0.39, 0.29) is 30.0 Å². The first-order valence-electron chi connectivity index (χ1n) is 9.04. The second-order valence-corrected chi connectivity index (χ2v) is 8.14. The van der Waals surface area contributed by atoms with Gasteiger partial charge < -0.3 is 19.7 Å². The number of hydrogen-bond donors (Lipinski definition) is 2. The van der Waals surface area contributed by atoms with E-state index < -0.39 is 41.6 Å². The zero-order valence-corrected chi connectivity index (χ0v) is 17.3. The molecule has 0 aliphatic carbocycles. The van der Waals surface area contributed by atoms with Gasteiger partial charge >= 0.3 is 6.09 Å². The van der Waals surface area contributed by atoms with Crippen molar-refractivity contribution >= 4 is 33.7 Å². The molecule has 2 heterocycles. The summed E-state index contributed by atoms with van der Waals surface area (Å²) in [6.45, 7) is 5.33. The van der Waals surface area contributed by atoms with Crippen molar-refractivity contribution in [2.24, 2.45) is 11.8 Å². The first kappa shape index (κ1) is 22.0. The van der Waals surface area contributed by atoms with E-state index in [1.807, 2.05) is 13.8 Å². The molecule has 2 aliphatic heterocycles. The van der Waals surface area contributed by atoms with E-state index in [0.29, 0.717) is 12.8 Å². The normalized spacial score (nSPS) is 29.7. The molecule has 0 aromatic rings. The molecule has 0 saturated carbocycles. The average molecular weight is 448 g/mol. The summed E-state index contributed by atoms with van der Waals surface area (Å²) in [6, 6.07) is -0.406. The number of ether oxygens (including phenoxy) is 2. The van der Waals surface area contributed by atoms with Crippen LogP contribution in [-0.2, 0) is 19.1 Å². The first-order chi connectivity index (χ1) is 12.6. The minimum absolute atomic E-state index is 0.0000280. The van der Waals surface area contributed by atoms with Gasteiger partial charge in [0.15, 0.2) is 11.6 Å². The van der Waals surface area contributed by atoms with Crippen molar-refractivity contribution in [2.45, 2.75) is 58.0 Å². The molecule has 0 radical (unpaired) electrons. The number of imide groups is 1. The van der Waals surface area contributed by atoms with E-state index in [9.17, 15) is 19.5 Å². The summed E-state index contributed by atoms with van der Waals surface area (Å²) in [5.41, 5.74) is 0. The van der Waals surface area contributed by atoms with Crippen molar-refractivity contribution in [3.8, 4) is 0 Å². The Hall–Kier alpha value is -1.29. The number of cyclic esters (lactones) is 1. The monoisotopic (exact) mass is 447 g/mol. The van der Waals surface area contributed by atoms with Crippen LogP contribution < -0.4 is 0 Å². The lowest BCUT2D eigenvalue weighted by atomic mass is 9.93. The number of carbonyl (C=O) groups excluding carboxylic acids is 3. The number of unbranched alkanes of at least 4 members (excludes halogenated alkanes) is 1. The number of ketones is 1. The summed E-state index contributed by atoms with van der Waals surface area (Å²) in [5.74, 6) is -3.78. The number of aliphatic hydroxyl groups excluding tert-OH is 1. The van der Waals surface area contributed by atoms with Gasteiger partial charge in [-0.25, -0.2) is 9.69 Å². The number of rotatable bonds is 7. The van der Waals surface area contributed by atoms with E-state index in [1.165, 1.54) is 13.0 Å². The molecule has 2 N–H and O–H groups in total. The molecule has 0 aromatic heterocycles. The van der Waals surface area contributed by atoms with Crippen molar-refractivity contribution in [1.82, 2.24) is 4.90 Å². The van der Waals surface area contributed by atoms with Crippen molar-refractivity contribution in [3.05, 3.63) is 10.6 Å². The maximum absolute atomic E-state index is 12.9. The smallest absolute Gasteiger partial charge is 0.416 e. The second kappa shape index (κ2) is 8.81. The molecule has 9 heteroatoms. The molecule has 4 atom stereocenters. The summed E-state index contributed by atoms with van der Waals surface area (Å²) in [5, 5.41) is 19.7. The third kappa shape index (κ3) is 4.59. The molecular formula is C18H26BrNO7. The number of amides is 2. The van der Waals surface area contributed by atoms with Crippen molar-refractivity contribution in [2.75, 3.05) is 13.2 Å². The van der Waals surface area contributed by atoms with Gasteiger partial charge in [0.2, 0.25) is 5.91 Å². The highest BCUT2D eigenvalue weighted by Crippen LogP contribution is 2.37. The summed E-state index contributed by atoms with van der Waals surface area (Å²) in [4.78, 5) is 38.4. The van der Waals surface area contributed by atoms with E-state index in [2.05, 4.69) is 15.9 Å². The Balaban J connectivity index is 2.19. The maximum Gasteiger partial charge on any atom is 0.416 e. The van der Waals surface area contributed by atoms with E-state index in [1.54, 1.807) is 0 Å². The molecule has 2 aliphatic rings. The van der Waals surface area contributed by atoms with Crippen LogP contribution in [0.4, 0.5) is 4.79 Å². The molecule has 27 heavy (non-hydrogen) atoms. The Labute approximate surface area is 166 Å². The van der Waals surface area contributed by atoms with Crippen LogP contribution in [0.5, 0.6) is 0 Å². The highest BCUT2D eigenvalue weighted by atomic mass is 79.9. The lowest BCUT2D eigenvalue weighted by molar-refractivity contribution is -0.217. The Morgan fingerprint density at radius 1 is 1.37 bits per heavy atom. The van der Waals surface area contributed by atoms with Gasteiger partial charge in [0.05, 0.1) is 16.4 Å². The van der Waals surface area contributed by atoms with Gasteiger partial charge in [-0.15, -0.1) is 0 Å². The van der Waals surface area contributed by atoms with Crippen LogP contribution >= 0.6 is 15.9 Å². The number of hydrogen-bond acceptors (Lipinski definition) is 7. The number of nitrogens with zero attached hydrogens (tertiary/aromatic N) is 1. The number of halogens is 1. The standard InChI is InChI=1S/C18H26BrNO7/c1-10(2)12-9-26-17(24)20(12)16(23)11(3)15-13(22)8-14(19)18(25,27-15)6-4-5-7-21/h8,10-12,15,21,25H,4-7,9H2,1-3H3/t11-,12+,15+,18+/m0/s1. The predicted molar refractivity (Wildman–Crippen MR) is 98.8 cm³/mol. The topological polar surface area (TPSA) is 113 Å². The van der Waals surface area contributed by atoms with Gasteiger partial charge in [-0.05, 0) is 40.8 Å². The Morgan fingerprint density at radius 3 is 2.63 bits per heavy atom. The van der Waals surface area contributed by atoms with Crippen LogP contribution in [0.25, 0.3) is 0 Å². The van der Waals surface area contributed by atoms with Gasteiger partial charge in [-0.1, -0.05) is 20.8 Å². The SMILES string of the molecule is CC(C)[C@H]1COC(=O)N1C(=O)[C@@H](C)[C@H]1O[C@](O)(CCCCO)C(Br)=CC1=O. The highest BCUT2D eigenvalue weighted by molar-refractivity contribution is 9.11. The van der Waals surface area contributed by atoms with Gasteiger partial charge in [0, 0.05) is 13.0 Å². The molecule has 152 valence electrons. The lowest BCUT2D eigenvalue weighted by Crippen LogP contribution is -2.52. The molecule has 0 spiro atoms. The van der Waals surface area contributed by atoms with Crippen LogP contribution in [-0.4, -0.2) is 64.0 Å². The highest BCUT2D eigenvalue weighted by Gasteiger charge is 2.48. The number of carbonyl (C=O) groups is 3. The van der Waals surface area contributed by atoms with Crippen LogP contribution in [0.15, 0.2) is 10.6 Å². The molecule has 0 unspecified atom stereocenters. The predicted octanol–water partition coefficient (Wildman–Crippen LogP) is 1.72. The summed E-state index contributed by atoms with van der Waals surface area (Å²) >= 11 is 3.15. The van der Waals surface area contributed by atoms with Gasteiger partial charge in [-0.3, -0.25) is 9.59 Å². The van der Waals surface area contributed by atoms with Gasteiger partial charge in [0.25, 0.3) is 0 Å². The van der Waals surface area contributed by atoms with E-state index in [4.69, 9.17) is 14.6 Å². The Kier molecular flexibility index (Phi) is 7.18. The molecular weight excluding hydrogens is 422 g/mol. The largest absolute Gasteiger partial charge is 0.447 e. The molecule has 2 rings (SSSR count). The third-order valence-corrected chi connectivity index (χ3v) is 5.77. The third-order valence-electron chi connectivity index (χ3n) is 4.92. The van der Waals surface area contributed by atoms with Gasteiger partial charge in [-0.2, -0.15) is 0 Å². The average Bonchev–Trinajstić information content (AvgIpc) is 2.99. The molecule has 1 fully saturated rings. The molecule has 0 aromatic carbocycles. The minimum atomic E-state index is -1.76. The fraction of sp³-hybridized carbons (Fsp3) is 0.722. The van der Waals surface area contributed by atoms with Crippen molar-refractivity contribution in [3.63, 3.8) is 0 Å². The first-order valence-corrected chi connectivity index (χ1v) is 9.84. The zero-order valence-electron chi connectivity index (χ0n) is 15.7. The fourth-order valence-electron chi connectivity index (χ4n) is 3.18.